The number of rotatable bonds is 4. The van der Waals surface area contributed by atoms with E-state index in [0.29, 0.717) is 18.5 Å². The minimum absolute atomic E-state index is 0.125. The quantitative estimate of drug-likeness (QED) is 0.835. The Balaban J connectivity index is 2.71. The van der Waals surface area contributed by atoms with Crippen LogP contribution in [0.25, 0.3) is 0 Å². The van der Waals surface area contributed by atoms with Gasteiger partial charge in [0.25, 0.3) is 5.91 Å². The Labute approximate surface area is 101 Å². The third kappa shape index (κ3) is 3.75. The van der Waals surface area contributed by atoms with Crippen LogP contribution in [0.2, 0.25) is 0 Å². The van der Waals surface area contributed by atoms with E-state index in [0.717, 1.165) is 5.56 Å². The Hall–Kier alpha value is -1.55. The van der Waals surface area contributed by atoms with Crippen molar-refractivity contribution >= 4 is 5.91 Å². The Morgan fingerprint density at radius 1 is 1.47 bits per heavy atom. The minimum atomic E-state index is -0.420. The van der Waals surface area contributed by atoms with Crippen molar-refractivity contribution in [1.82, 2.24) is 4.90 Å². The van der Waals surface area contributed by atoms with Crippen LogP contribution in [0, 0.1) is 6.92 Å². The molecule has 1 amide bonds. The highest BCUT2D eigenvalue weighted by Crippen LogP contribution is 2.18. The average Bonchev–Trinajstić information content (AvgIpc) is 2.28. The molecule has 17 heavy (non-hydrogen) atoms. The van der Waals surface area contributed by atoms with Crippen LogP contribution in [0.4, 0.5) is 0 Å². The van der Waals surface area contributed by atoms with Gasteiger partial charge in [-0.1, -0.05) is 6.07 Å². The van der Waals surface area contributed by atoms with Gasteiger partial charge in [-0.2, -0.15) is 0 Å². The number of aromatic hydroxyl groups is 1. The summed E-state index contributed by atoms with van der Waals surface area (Å²) in [6.45, 7) is 3.96. The maximum Gasteiger partial charge on any atom is 0.253 e. The van der Waals surface area contributed by atoms with Crippen LogP contribution >= 0.6 is 0 Å². The molecule has 0 bridgehead atoms. The van der Waals surface area contributed by atoms with Gasteiger partial charge in [0, 0.05) is 19.2 Å². The van der Waals surface area contributed by atoms with Crippen LogP contribution in [0.5, 0.6) is 5.75 Å². The summed E-state index contributed by atoms with van der Waals surface area (Å²) in [7, 11) is 1.68. The number of amides is 1. The van der Waals surface area contributed by atoms with Gasteiger partial charge in [0.05, 0.1) is 6.10 Å². The molecule has 94 valence electrons. The van der Waals surface area contributed by atoms with Crippen molar-refractivity contribution in [2.75, 3.05) is 13.6 Å². The van der Waals surface area contributed by atoms with Crippen molar-refractivity contribution in [2.24, 2.45) is 0 Å². The van der Waals surface area contributed by atoms with Crippen LogP contribution in [-0.4, -0.2) is 40.7 Å². The highest BCUT2D eigenvalue weighted by Gasteiger charge is 2.13. The van der Waals surface area contributed by atoms with Crippen molar-refractivity contribution in [3.05, 3.63) is 29.3 Å². The highest BCUT2D eigenvalue weighted by atomic mass is 16.3. The fraction of sp³-hybridized carbons (Fsp3) is 0.462. The largest absolute Gasteiger partial charge is 0.508 e. The van der Waals surface area contributed by atoms with Crippen molar-refractivity contribution < 1.29 is 15.0 Å². The van der Waals surface area contributed by atoms with Gasteiger partial charge in [-0.3, -0.25) is 4.79 Å². The van der Waals surface area contributed by atoms with Gasteiger partial charge in [-0.15, -0.1) is 0 Å². The van der Waals surface area contributed by atoms with E-state index in [2.05, 4.69) is 0 Å². The number of nitrogens with zero attached hydrogens (tertiary/aromatic N) is 1. The maximum absolute atomic E-state index is 12.0. The van der Waals surface area contributed by atoms with Crippen LogP contribution in [0.1, 0.15) is 29.3 Å². The van der Waals surface area contributed by atoms with Crippen molar-refractivity contribution in [1.29, 1.82) is 0 Å². The average molecular weight is 237 g/mol. The van der Waals surface area contributed by atoms with Crippen LogP contribution in [0.3, 0.4) is 0 Å². The van der Waals surface area contributed by atoms with Crippen molar-refractivity contribution in [2.45, 2.75) is 26.4 Å². The first-order valence-corrected chi connectivity index (χ1v) is 5.65. The Bertz CT molecular complexity index is 402. The summed E-state index contributed by atoms with van der Waals surface area (Å²) in [5, 5.41) is 18.7. The first-order chi connectivity index (χ1) is 7.91. The number of hydrogen-bond acceptors (Lipinski definition) is 3. The maximum atomic E-state index is 12.0. The van der Waals surface area contributed by atoms with E-state index in [1.54, 1.807) is 33.0 Å². The number of benzene rings is 1. The van der Waals surface area contributed by atoms with Gasteiger partial charge in [0.1, 0.15) is 5.75 Å². The fourth-order valence-corrected chi connectivity index (χ4v) is 1.44. The van der Waals surface area contributed by atoms with E-state index >= 15 is 0 Å². The summed E-state index contributed by atoms with van der Waals surface area (Å²) in [6, 6.07) is 4.87. The van der Waals surface area contributed by atoms with E-state index in [9.17, 15) is 9.90 Å². The van der Waals surface area contributed by atoms with E-state index in [1.807, 2.05) is 0 Å². The fourth-order valence-electron chi connectivity index (χ4n) is 1.44. The predicted molar refractivity (Wildman–Crippen MR) is 66.1 cm³/mol. The molecule has 0 aliphatic heterocycles. The van der Waals surface area contributed by atoms with Crippen LogP contribution in [-0.2, 0) is 0 Å². The zero-order chi connectivity index (χ0) is 13.0. The molecular formula is C13H19NO3. The van der Waals surface area contributed by atoms with Crippen molar-refractivity contribution in [3.8, 4) is 5.75 Å². The first-order valence-electron chi connectivity index (χ1n) is 5.65. The van der Waals surface area contributed by atoms with Gasteiger partial charge in [0.15, 0.2) is 0 Å². The molecular weight excluding hydrogens is 218 g/mol. The van der Waals surface area contributed by atoms with E-state index < -0.39 is 6.10 Å². The molecule has 0 aliphatic rings. The minimum Gasteiger partial charge on any atom is -0.508 e. The number of phenolic OH excluding ortho intramolecular Hbond substituents is 1. The standard InChI is InChI=1S/C13H19NO3/c1-9-4-5-11(8-12(9)16)13(17)14(3)7-6-10(2)15/h4-5,8,10,15-16H,6-7H2,1-3H3. The molecule has 0 fully saturated rings. The number of carbonyl (C=O) groups excluding carboxylic acids is 1. The number of phenols is 1. The predicted octanol–water partition coefficient (Wildman–Crippen LogP) is 1.54. The monoisotopic (exact) mass is 237 g/mol. The summed E-state index contributed by atoms with van der Waals surface area (Å²) in [5.74, 6) is -0.0271. The molecule has 1 unspecified atom stereocenters. The molecule has 1 aromatic rings. The van der Waals surface area contributed by atoms with E-state index in [4.69, 9.17) is 5.11 Å². The lowest BCUT2D eigenvalue weighted by Crippen LogP contribution is -2.29. The molecule has 0 radical (unpaired) electrons. The van der Waals surface area contributed by atoms with Crippen LogP contribution < -0.4 is 0 Å². The zero-order valence-electron chi connectivity index (χ0n) is 10.5. The van der Waals surface area contributed by atoms with Gasteiger partial charge >= 0.3 is 0 Å². The molecule has 4 nitrogen and oxygen atoms in total. The molecule has 0 heterocycles. The molecule has 1 rings (SSSR count). The SMILES string of the molecule is Cc1ccc(C(=O)N(C)CCC(C)O)cc1O. The summed E-state index contributed by atoms with van der Waals surface area (Å²) in [6.07, 6.45) is 0.122. The lowest BCUT2D eigenvalue weighted by Gasteiger charge is -2.18. The third-order valence-electron chi connectivity index (χ3n) is 2.69. The summed E-state index contributed by atoms with van der Waals surface area (Å²) >= 11 is 0. The normalized spacial score (nSPS) is 12.2. The van der Waals surface area contributed by atoms with Gasteiger partial charge < -0.3 is 15.1 Å². The van der Waals surface area contributed by atoms with E-state index in [1.165, 1.54) is 11.0 Å². The molecule has 0 spiro atoms. The molecule has 4 heteroatoms. The molecule has 1 aromatic carbocycles. The van der Waals surface area contributed by atoms with Gasteiger partial charge in [-0.25, -0.2) is 0 Å². The smallest absolute Gasteiger partial charge is 0.253 e. The molecule has 2 N–H and O–H groups in total. The second-order valence-electron chi connectivity index (χ2n) is 4.37. The van der Waals surface area contributed by atoms with Gasteiger partial charge in [0.2, 0.25) is 0 Å². The number of aliphatic hydroxyl groups excluding tert-OH is 1. The summed E-state index contributed by atoms with van der Waals surface area (Å²) in [5.41, 5.74) is 1.20. The Morgan fingerprint density at radius 2 is 2.12 bits per heavy atom. The number of carbonyl (C=O) groups is 1. The summed E-state index contributed by atoms with van der Waals surface area (Å²) < 4.78 is 0. The second kappa shape index (κ2) is 5.68. The third-order valence-corrected chi connectivity index (χ3v) is 2.69. The van der Waals surface area contributed by atoms with Gasteiger partial charge in [-0.05, 0) is 38.0 Å². The summed E-state index contributed by atoms with van der Waals surface area (Å²) in [4.78, 5) is 13.5. The second-order valence-corrected chi connectivity index (χ2v) is 4.37. The highest BCUT2D eigenvalue weighted by molar-refractivity contribution is 5.94. The molecule has 0 aromatic heterocycles. The van der Waals surface area contributed by atoms with Crippen molar-refractivity contribution in [3.63, 3.8) is 0 Å². The Kier molecular flexibility index (Phi) is 4.52. The number of aliphatic hydroxyl groups is 1. The zero-order valence-corrected chi connectivity index (χ0v) is 10.5. The van der Waals surface area contributed by atoms with Crippen LogP contribution in [0.15, 0.2) is 18.2 Å². The Morgan fingerprint density at radius 3 is 2.65 bits per heavy atom. The lowest BCUT2D eigenvalue weighted by atomic mass is 10.1. The molecule has 0 saturated carbocycles. The lowest BCUT2D eigenvalue weighted by molar-refractivity contribution is 0.0768. The topological polar surface area (TPSA) is 60.8 Å². The van der Waals surface area contributed by atoms with E-state index in [-0.39, 0.29) is 11.7 Å². The number of aryl methyl sites for hydroxylation is 1. The number of hydrogen-bond donors (Lipinski definition) is 2. The molecule has 1 atom stereocenters. The first kappa shape index (κ1) is 13.5. The molecule has 0 saturated heterocycles. The molecule has 0 aliphatic carbocycles.